The van der Waals surface area contributed by atoms with Gasteiger partial charge in [0.05, 0.1) is 25.5 Å². The minimum atomic E-state index is -0.376. The molecular weight excluding hydrogens is 416 g/mol. The molecule has 1 N–H and O–H groups in total. The molecular formula is C27H26N2O4. The van der Waals surface area contributed by atoms with Crippen LogP contribution >= 0.6 is 0 Å². The van der Waals surface area contributed by atoms with Crippen molar-refractivity contribution in [1.82, 2.24) is 5.43 Å². The van der Waals surface area contributed by atoms with Crippen molar-refractivity contribution in [1.29, 1.82) is 0 Å². The molecule has 0 unspecified atom stereocenters. The molecule has 3 aromatic rings. The van der Waals surface area contributed by atoms with Gasteiger partial charge in [-0.3, -0.25) is 4.79 Å². The van der Waals surface area contributed by atoms with E-state index in [4.69, 9.17) is 20.6 Å². The first-order chi connectivity index (χ1) is 16.1. The predicted octanol–water partition coefficient (Wildman–Crippen LogP) is 4.75. The normalized spacial score (nSPS) is 10.6. The molecule has 6 nitrogen and oxygen atoms in total. The highest BCUT2D eigenvalue weighted by atomic mass is 16.5. The highest BCUT2D eigenvalue weighted by molar-refractivity contribution is 6.02. The Morgan fingerprint density at radius 1 is 1.15 bits per heavy atom. The molecule has 0 fully saturated rings. The van der Waals surface area contributed by atoms with Crippen LogP contribution in [0.25, 0.3) is 10.8 Å². The summed E-state index contributed by atoms with van der Waals surface area (Å²) in [5, 5.41) is 6.05. The van der Waals surface area contributed by atoms with E-state index in [1.807, 2.05) is 43.3 Å². The lowest BCUT2D eigenvalue weighted by atomic mass is 10.1. The number of amides is 1. The second kappa shape index (κ2) is 11.4. The first-order valence-corrected chi connectivity index (χ1v) is 10.5. The fourth-order valence-electron chi connectivity index (χ4n) is 3.40. The molecule has 0 bridgehead atoms. The van der Waals surface area contributed by atoms with Crippen LogP contribution in [0.1, 0.15) is 28.4 Å². The van der Waals surface area contributed by atoms with E-state index in [1.165, 1.54) is 7.11 Å². The van der Waals surface area contributed by atoms with Gasteiger partial charge in [-0.25, -0.2) is 5.43 Å². The van der Waals surface area contributed by atoms with E-state index in [2.05, 4.69) is 23.0 Å². The number of methoxy groups -OCH3 is 1. The smallest absolute Gasteiger partial charge is 0.275 e. The van der Waals surface area contributed by atoms with E-state index in [0.717, 1.165) is 21.9 Å². The number of ether oxygens (including phenoxy) is 3. The van der Waals surface area contributed by atoms with Gasteiger partial charge < -0.3 is 14.2 Å². The number of hydrogen-bond acceptors (Lipinski definition) is 5. The van der Waals surface area contributed by atoms with Gasteiger partial charge in [-0.2, -0.15) is 5.10 Å². The molecule has 3 aromatic carbocycles. The van der Waals surface area contributed by atoms with Crippen LogP contribution in [0.4, 0.5) is 0 Å². The van der Waals surface area contributed by atoms with Gasteiger partial charge in [0.2, 0.25) is 0 Å². The number of fused-ring (bicyclic) bond motifs is 1. The first kappa shape index (κ1) is 23.4. The van der Waals surface area contributed by atoms with Gasteiger partial charge in [-0.1, -0.05) is 36.3 Å². The predicted molar refractivity (Wildman–Crippen MR) is 131 cm³/mol. The summed E-state index contributed by atoms with van der Waals surface area (Å²) < 4.78 is 16.8. The summed E-state index contributed by atoms with van der Waals surface area (Å²) >= 11 is 0. The van der Waals surface area contributed by atoms with Crippen LogP contribution in [0, 0.1) is 12.3 Å². The van der Waals surface area contributed by atoms with Crippen LogP contribution in [-0.2, 0) is 6.42 Å². The van der Waals surface area contributed by atoms with Crippen LogP contribution in [0.5, 0.6) is 17.2 Å². The highest BCUT2D eigenvalue weighted by Crippen LogP contribution is 2.33. The Morgan fingerprint density at radius 3 is 2.58 bits per heavy atom. The summed E-state index contributed by atoms with van der Waals surface area (Å²) in [5.74, 6) is 3.70. The molecule has 0 aliphatic rings. The summed E-state index contributed by atoms with van der Waals surface area (Å²) in [5.41, 5.74) is 4.55. The number of nitrogens with zero attached hydrogens (tertiary/aromatic N) is 1. The Morgan fingerprint density at radius 2 is 1.91 bits per heavy atom. The molecule has 1 amide bonds. The zero-order valence-electron chi connectivity index (χ0n) is 18.8. The molecule has 6 heteroatoms. The van der Waals surface area contributed by atoms with Crippen LogP contribution in [0.3, 0.4) is 0 Å². The summed E-state index contributed by atoms with van der Waals surface area (Å²) in [7, 11) is 1.53. The zero-order valence-corrected chi connectivity index (χ0v) is 18.8. The fraction of sp³-hybridized carbons (Fsp3) is 0.185. The van der Waals surface area contributed by atoms with Crippen molar-refractivity contribution in [2.24, 2.45) is 5.10 Å². The number of carbonyl (C=O) groups excluding carboxylic acids is 1. The van der Waals surface area contributed by atoms with Crippen molar-refractivity contribution in [3.63, 3.8) is 0 Å². The van der Waals surface area contributed by atoms with Gasteiger partial charge in [-0.15, -0.1) is 13.0 Å². The highest BCUT2D eigenvalue weighted by Gasteiger charge is 2.14. The first-order valence-electron chi connectivity index (χ1n) is 10.5. The van der Waals surface area contributed by atoms with E-state index in [1.54, 1.807) is 24.4 Å². The lowest BCUT2D eigenvalue weighted by Crippen LogP contribution is -2.18. The fourth-order valence-corrected chi connectivity index (χ4v) is 3.40. The Bertz CT molecular complexity index is 1220. The molecule has 168 valence electrons. The number of benzene rings is 3. The molecule has 3 rings (SSSR count). The number of terminal acetylenes is 1. The van der Waals surface area contributed by atoms with E-state index in [-0.39, 0.29) is 12.5 Å². The van der Waals surface area contributed by atoms with Gasteiger partial charge in [-0.05, 0) is 53.9 Å². The molecule has 33 heavy (non-hydrogen) atoms. The number of nitrogens with one attached hydrogen (secondary N) is 1. The number of hydrazone groups is 1. The third-order valence-corrected chi connectivity index (χ3v) is 4.81. The molecule has 0 spiro atoms. The zero-order chi connectivity index (χ0) is 23.6. The molecule has 0 aliphatic carbocycles. The number of allylic oxidation sites excluding steroid dienone is 1. The van der Waals surface area contributed by atoms with Gasteiger partial charge >= 0.3 is 0 Å². The van der Waals surface area contributed by atoms with Crippen molar-refractivity contribution >= 4 is 22.9 Å². The van der Waals surface area contributed by atoms with Crippen LogP contribution < -0.4 is 19.6 Å². The van der Waals surface area contributed by atoms with E-state index in [0.29, 0.717) is 35.8 Å². The van der Waals surface area contributed by atoms with Crippen LogP contribution in [-0.4, -0.2) is 32.4 Å². The number of hydrogen-bond donors (Lipinski definition) is 1. The Kier molecular flexibility index (Phi) is 8.09. The Balaban J connectivity index is 1.86. The number of carbonyl (C=O) groups is 1. The van der Waals surface area contributed by atoms with Crippen molar-refractivity contribution in [2.75, 3.05) is 20.3 Å². The van der Waals surface area contributed by atoms with Crippen LogP contribution in [0.15, 0.2) is 66.3 Å². The molecule has 0 saturated carbocycles. The molecule has 0 aromatic heterocycles. The summed E-state index contributed by atoms with van der Waals surface area (Å²) in [6, 6.07) is 15.1. The van der Waals surface area contributed by atoms with Gasteiger partial charge in [0.25, 0.3) is 5.91 Å². The SMILES string of the molecule is C#CCOc1c(CC=C)cc(C=NNC(=O)c2cc3ccccc3cc2OC)cc1OCC. The van der Waals surface area contributed by atoms with E-state index in [9.17, 15) is 4.79 Å². The maximum atomic E-state index is 12.8. The van der Waals surface area contributed by atoms with Crippen molar-refractivity contribution in [2.45, 2.75) is 13.3 Å². The van der Waals surface area contributed by atoms with Crippen molar-refractivity contribution < 1.29 is 19.0 Å². The monoisotopic (exact) mass is 442 g/mol. The lowest BCUT2D eigenvalue weighted by Gasteiger charge is -2.15. The largest absolute Gasteiger partial charge is 0.496 e. The average Bonchev–Trinajstić information content (AvgIpc) is 2.83. The number of rotatable bonds is 10. The standard InChI is InChI=1S/C27H26N2O4/c1-5-10-22-14-19(15-25(32-7-3)26(22)33-13-6-2)18-28-29-27(30)23-16-20-11-8-9-12-21(20)17-24(23)31-4/h2,5,8-9,11-12,14-18H,1,7,10,13H2,3-4H3,(H,29,30). The van der Waals surface area contributed by atoms with Crippen molar-refractivity contribution in [3.8, 4) is 29.6 Å². The van der Waals surface area contributed by atoms with Gasteiger partial charge in [0, 0.05) is 5.56 Å². The van der Waals surface area contributed by atoms with Gasteiger partial charge in [0.1, 0.15) is 12.4 Å². The minimum Gasteiger partial charge on any atom is -0.496 e. The minimum absolute atomic E-state index is 0.126. The van der Waals surface area contributed by atoms with Gasteiger partial charge in [0.15, 0.2) is 11.5 Å². The van der Waals surface area contributed by atoms with Crippen molar-refractivity contribution in [3.05, 3.63) is 77.9 Å². The third kappa shape index (κ3) is 5.72. The third-order valence-electron chi connectivity index (χ3n) is 4.81. The summed E-state index contributed by atoms with van der Waals surface area (Å²) in [6.07, 6.45) is 9.21. The lowest BCUT2D eigenvalue weighted by molar-refractivity contribution is 0.0952. The summed E-state index contributed by atoms with van der Waals surface area (Å²) in [4.78, 5) is 12.8. The molecule has 0 saturated heterocycles. The van der Waals surface area contributed by atoms with E-state index >= 15 is 0 Å². The second-order valence-corrected chi connectivity index (χ2v) is 7.02. The second-order valence-electron chi connectivity index (χ2n) is 7.02. The molecule has 0 radical (unpaired) electrons. The van der Waals surface area contributed by atoms with E-state index < -0.39 is 0 Å². The Hall–Kier alpha value is -4.24. The maximum Gasteiger partial charge on any atom is 0.275 e. The quantitative estimate of drug-likeness (QED) is 0.213. The average molecular weight is 443 g/mol. The molecule has 0 heterocycles. The Labute approximate surface area is 193 Å². The molecule has 0 aliphatic heterocycles. The summed E-state index contributed by atoms with van der Waals surface area (Å²) in [6.45, 7) is 6.27. The topological polar surface area (TPSA) is 69.2 Å². The van der Waals surface area contributed by atoms with Crippen LogP contribution in [0.2, 0.25) is 0 Å². The maximum absolute atomic E-state index is 12.8. The molecule has 0 atom stereocenters.